The van der Waals surface area contributed by atoms with Gasteiger partial charge < -0.3 is 20.7 Å². The minimum Gasteiger partial charge on any atom is -0.450 e. The zero-order valence-corrected chi connectivity index (χ0v) is 24.5. The molecule has 5 rings (SSSR count). The molecule has 0 bridgehead atoms. The lowest BCUT2D eigenvalue weighted by Crippen LogP contribution is -2.38. The summed E-state index contributed by atoms with van der Waals surface area (Å²) in [5.74, 6) is 1.38. The van der Waals surface area contributed by atoms with E-state index in [0.717, 1.165) is 94.3 Å². The van der Waals surface area contributed by atoms with Gasteiger partial charge in [-0.3, -0.25) is 4.68 Å². The normalized spacial score (nSPS) is 24.1. The fourth-order valence-corrected chi connectivity index (χ4v) is 6.00. The number of nitrogens with one attached hydrogen (secondary N) is 3. The molecule has 3 aliphatic rings. The van der Waals surface area contributed by atoms with Crippen LogP contribution in [0.2, 0.25) is 5.02 Å². The monoisotopic (exact) mass is 569 g/mol. The summed E-state index contributed by atoms with van der Waals surface area (Å²) in [6, 6.07) is 1.05. The molecule has 0 radical (unpaired) electrons. The van der Waals surface area contributed by atoms with Gasteiger partial charge in [0, 0.05) is 36.4 Å². The van der Waals surface area contributed by atoms with Crippen LogP contribution in [0.25, 0.3) is 11.3 Å². The second kappa shape index (κ2) is 14.3. The summed E-state index contributed by atoms with van der Waals surface area (Å²) in [4.78, 5) is 21.4. The van der Waals surface area contributed by atoms with E-state index in [-0.39, 0.29) is 12.1 Å². The molecule has 218 valence electrons. The first-order chi connectivity index (χ1) is 19.5. The maximum Gasteiger partial charge on any atom is 0.407 e. The fourth-order valence-electron chi connectivity index (χ4n) is 5.80. The topological polar surface area (TPSA) is 106 Å². The fraction of sp³-hybridized carbons (Fsp3) is 0.667. The lowest BCUT2D eigenvalue weighted by molar-refractivity contribution is 0.139. The number of nitrogens with zero attached hydrogens (tertiary/aromatic N) is 4. The lowest BCUT2D eigenvalue weighted by atomic mass is 9.91. The van der Waals surface area contributed by atoms with Crippen molar-refractivity contribution < 1.29 is 9.53 Å². The third-order valence-electron chi connectivity index (χ3n) is 8.38. The van der Waals surface area contributed by atoms with E-state index in [1.165, 1.54) is 18.5 Å². The van der Waals surface area contributed by atoms with Crippen molar-refractivity contribution in [1.29, 1.82) is 0 Å². The lowest BCUT2D eigenvalue weighted by Gasteiger charge is -2.30. The highest BCUT2D eigenvalue weighted by Crippen LogP contribution is 2.37. The summed E-state index contributed by atoms with van der Waals surface area (Å²) in [5.41, 5.74) is 2.96. The summed E-state index contributed by atoms with van der Waals surface area (Å²) in [6.07, 6.45) is 21.7. The summed E-state index contributed by atoms with van der Waals surface area (Å²) < 4.78 is 7.37. The molecule has 40 heavy (non-hydrogen) atoms. The van der Waals surface area contributed by atoms with Crippen molar-refractivity contribution in [3.63, 3.8) is 0 Å². The zero-order valence-electron chi connectivity index (χ0n) is 23.7. The van der Waals surface area contributed by atoms with E-state index in [0.29, 0.717) is 29.7 Å². The highest BCUT2D eigenvalue weighted by atomic mass is 35.5. The van der Waals surface area contributed by atoms with Gasteiger partial charge in [-0.15, -0.1) is 0 Å². The van der Waals surface area contributed by atoms with Gasteiger partial charge in [-0.2, -0.15) is 5.10 Å². The van der Waals surface area contributed by atoms with Crippen LogP contribution in [-0.2, 0) is 18.2 Å². The second-order valence-corrected chi connectivity index (χ2v) is 12.0. The molecular formula is C30H44ClN7O2. The Kier molecular flexibility index (Phi) is 10.3. The number of carbonyl (C=O) groups excluding carboxylic acids is 1. The largest absolute Gasteiger partial charge is 0.450 e. The highest BCUT2D eigenvalue weighted by Gasteiger charge is 2.27. The number of allylic oxidation sites excluding steroid dienone is 2. The van der Waals surface area contributed by atoms with E-state index in [2.05, 4.69) is 38.2 Å². The molecular weight excluding hydrogens is 526 g/mol. The number of aryl methyl sites for hydroxylation is 1. The number of rotatable bonds is 11. The smallest absolute Gasteiger partial charge is 0.407 e. The van der Waals surface area contributed by atoms with E-state index in [1.807, 2.05) is 17.9 Å². The van der Waals surface area contributed by atoms with Gasteiger partial charge in [0.1, 0.15) is 0 Å². The van der Waals surface area contributed by atoms with Crippen molar-refractivity contribution in [1.82, 2.24) is 30.4 Å². The molecule has 2 aromatic heterocycles. The molecule has 0 aliphatic heterocycles. The van der Waals surface area contributed by atoms with E-state index in [1.54, 1.807) is 6.20 Å². The van der Waals surface area contributed by atoms with E-state index in [9.17, 15) is 4.79 Å². The van der Waals surface area contributed by atoms with Crippen LogP contribution < -0.4 is 16.0 Å². The predicted molar refractivity (Wildman–Crippen MR) is 158 cm³/mol. The third-order valence-corrected chi connectivity index (χ3v) is 8.66. The molecule has 1 unspecified atom stereocenters. The average molecular weight is 570 g/mol. The molecule has 9 nitrogen and oxygen atoms in total. The van der Waals surface area contributed by atoms with Gasteiger partial charge in [0.2, 0.25) is 5.95 Å². The van der Waals surface area contributed by atoms with Crippen molar-refractivity contribution in [2.24, 2.45) is 13.0 Å². The van der Waals surface area contributed by atoms with E-state index in [4.69, 9.17) is 21.3 Å². The van der Waals surface area contributed by atoms with Crippen LogP contribution in [0.5, 0.6) is 0 Å². The predicted octanol–water partition coefficient (Wildman–Crippen LogP) is 5.80. The molecule has 0 spiro atoms. The number of ether oxygens (including phenoxy) is 1. The van der Waals surface area contributed by atoms with Crippen LogP contribution in [0.3, 0.4) is 0 Å². The van der Waals surface area contributed by atoms with Crippen molar-refractivity contribution in [2.45, 2.75) is 102 Å². The number of amides is 1. The maximum absolute atomic E-state index is 12.1. The summed E-state index contributed by atoms with van der Waals surface area (Å²) >= 11 is 6.54. The van der Waals surface area contributed by atoms with Crippen molar-refractivity contribution in [3.8, 4) is 11.3 Å². The van der Waals surface area contributed by atoms with Crippen LogP contribution >= 0.6 is 11.6 Å². The maximum atomic E-state index is 12.1. The molecule has 2 aromatic rings. The quantitative estimate of drug-likeness (QED) is 0.232. The van der Waals surface area contributed by atoms with Gasteiger partial charge >= 0.3 is 6.09 Å². The Balaban J connectivity index is 1.00. The molecule has 1 atom stereocenters. The van der Waals surface area contributed by atoms with Crippen LogP contribution in [0, 0.1) is 5.92 Å². The number of aromatic nitrogens is 4. The first kappa shape index (κ1) is 28.9. The van der Waals surface area contributed by atoms with Crippen LogP contribution in [0.15, 0.2) is 24.5 Å². The third kappa shape index (κ3) is 8.43. The second-order valence-electron chi connectivity index (χ2n) is 11.6. The number of halogens is 1. The summed E-state index contributed by atoms with van der Waals surface area (Å²) in [6.45, 7) is 1.29. The molecule has 2 heterocycles. The number of hydrogen-bond acceptors (Lipinski definition) is 7. The van der Waals surface area contributed by atoms with Crippen molar-refractivity contribution in [3.05, 3.63) is 35.3 Å². The van der Waals surface area contributed by atoms with E-state index < -0.39 is 0 Å². The minimum absolute atomic E-state index is 0.226. The standard InChI is InChI=1S/C30H44ClN7O2/c1-38-27(18-21-10-11-21)25(19-34-38)28-26(31)20-33-29(37-28)35-24-14-12-22(13-15-24)32-16-7-17-40-30(39)36-23-8-5-3-2-4-6-9-23/h2-3,19-24,32H,4-18H2,1H3,(H,36,39)(H,33,35,37)/b3-2-. The van der Waals surface area contributed by atoms with Crippen molar-refractivity contribution in [2.75, 3.05) is 18.5 Å². The Morgan fingerprint density at radius 1 is 1.02 bits per heavy atom. The summed E-state index contributed by atoms with van der Waals surface area (Å²) in [5, 5.41) is 15.3. The first-order valence-corrected chi connectivity index (χ1v) is 15.5. The van der Waals surface area contributed by atoms with Gasteiger partial charge in [-0.25, -0.2) is 14.8 Å². The minimum atomic E-state index is -0.281. The van der Waals surface area contributed by atoms with Gasteiger partial charge in [0.05, 0.1) is 29.7 Å². The van der Waals surface area contributed by atoms with Gasteiger partial charge in [-0.1, -0.05) is 23.8 Å². The Morgan fingerprint density at radius 3 is 2.65 bits per heavy atom. The summed E-state index contributed by atoms with van der Waals surface area (Å²) in [7, 11) is 1.99. The zero-order chi connectivity index (χ0) is 27.7. The Hall–Kier alpha value is -2.65. The molecule has 3 aliphatic carbocycles. The molecule has 1 amide bonds. The van der Waals surface area contributed by atoms with Gasteiger partial charge in [0.25, 0.3) is 0 Å². The Bertz CT molecular complexity index is 1140. The molecule has 10 heteroatoms. The van der Waals surface area contributed by atoms with Gasteiger partial charge in [-0.05, 0) is 95.9 Å². The average Bonchev–Trinajstić information content (AvgIpc) is 3.69. The number of hydrogen-bond donors (Lipinski definition) is 3. The Labute approximate surface area is 242 Å². The molecule has 2 saturated carbocycles. The Morgan fingerprint density at radius 2 is 1.82 bits per heavy atom. The molecule has 3 N–H and O–H groups in total. The molecule has 0 aromatic carbocycles. The van der Waals surface area contributed by atoms with Gasteiger partial charge in [0.15, 0.2) is 0 Å². The van der Waals surface area contributed by atoms with Crippen molar-refractivity contribution >= 4 is 23.6 Å². The number of alkyl carbamates (subject to hydrolysis) is 1. The van der Waals surface area contributed by atoms with Crippen LogP contribution in [0.1, 0.15) is 82.7 Å². The first-order valence-electron chi connectivity index (χ1n) is 15.2. The SMILES string of the molecule is Cn1ncc(-c2nc(NC3CCC(NCCCOC(=O)NC4CC/C=C\CCC4)CC3)ncc2Cl)c1CC1CC1. The molecule has 0 saturated heterocycles. The number of carbonyl (C=O) groups is 1. The molecule has 2 fully saturated rings. The van der Waals surface area contributed by atoms with E-state index >= 15 is 0 Å². The highest BCUT2D eigenvalue weighted by molar-refractivity contribution is 6.32. The number of anilines is 1. The van der Waals surface area contributed by atoms with Crippen LogP contribution in [0.4, 0.5) is 10.7 Å². The van der Waals surface area contributed by atoms with Crippen LogP contribution in [-0.4, -0.2) is 57.1 Å².